The zero-order valence-corrected chi connectivity index (χ0v) is 7.86. The van der Waals surface area contributed by atoms with Gasteiger partial charge < -0.3 is 15.5 Å². The molecule has 0 aromatic rings. The van der Waals surface area contributed by atoms with Gasteiger partial charge in [-0.05, 0) is 38.6 Å². The highest BCUT2D eigenvalue weighted by Gasteiger charge is 2.29. The van der Waals surface area contributed by atoms with Crippen molar-refractivity contribution in [2.75, 3.05) is 7.05 Å². The third kappa shape index (κ3) is 2.67. The number of carbonyl (C=O) groups is 1. The highest BCUT2D eigenvalue weighted by molar-refractivity contribution is 5.73. The van der Waals surface area contributed by atoms with E-state index in [1.54, 1.807) is 7.05 Å². The SMILES string of the molecule is CNC(C(=O)O)C1CCC(O)CC1. The standard InChI is InChI=1S/C9H17NO3/c1-10-8(9(12)13)6-2-4-7(11)5-3-6/h6-8,10-11H,2-5H2,1H3,(H,12,13). The summed E-state index contributed by atoms with van der Waals surface area (Å²) in [5, 5.41) is 20.9. The topological polar surface area (TPSA) is 69.6 Å². The molecule has 0 saturated heterocycles. The maximum absolute atomic E-state index is 10.8. The normalized spacial score (nSPS) is 31.2. The van der Waals surface area contributed by atoms with Gasteiger partial charge in [-0.3, -0.25) is 4.79 Å². The molecule has 1 aliphatic rings. The second kappa shape index (κ2) is 4.58. The van der Waals surface area contributed by atoms with Crippen molar-refractivity contribution in [2.24, 2.45) is 5.92 Å². The second-order valence-corrected chi connectivity index (χ2v) is 3.67. The summed E-state index contributed by atoms with van der Waals surface area (Å²) in [4.78, 5) is 10.8. The minimum Gasteiger partial charge on any atom is -0.480 e. The summed E-state index contributed by atoms with van der Waals surface area (Å²) in [5.74, 6) is -0.616. The zero-order chi connectivity index (χ0) is 9.84. The number of hydrogen-bond donors (Lipinski definition) is 3. The largest absolute Gasteiger partial charge is 0.480 e. The Labute approximate surface area is 78.0 Å². The van der Waals surface area contributed by atoms with Crippen molar-refractivity contribution in [1.29, 1.82) is 0 Å². The number of aliphatic hydroxyl groups excluding tert-OH is 1. The van der Waals surface area contributed by atoms with Crippen molar-refractivity contribution in [2.45, 2.75) is 37.8 Å². The Kier molecular flexibility index (Phi) is 3.69. The predicted molar refractivity (Wildman–Crippen MR) is 48.4 cm³/mol. The van der Waals surface area contributed by atoms with Crippen LogP contribution in [0, 0.1) is 5.92 Å². The van der Waals surface area contributed by atoms with Gasteiger partial charge in [0.25, 0.3) is 0 Å². The van der Waals surface area contributed by atoms with Crippen molar-refractivity contribution in [1.82, 2.24) is 5.32 Å². The molecule has 13 heavy (non-hydrogen) atoms. The van der Waals surface area contributed by atoms with E-state index in [-0.39, 0.29) is 12.0 Å². The lowest BCUT2D eigenvalue weighted by Crippen LogP contribution is -2.42. The van der Waals surface area contributed by atoms with Crippen molar-refractivity contribution in [3.05, 3.63) is 0 Å². The van der Waals surface area contributed by atoms with Gasteiger partial charge in [-0.2, -0.15) is 0 Å². The average Bonchev–Trinajstić information content (AvgIpc) is 2.09. The molecule has 1 unspecified atom stereocenters. The molecule has 0 bridgehead atoms. The third-order valence-corrected chi connectivity index (χ3v) is 2.79. The summed E-state index contributed by atoms with van der Waals surface area (Å²) in [7, 11) is 1.67. The molecule has 0 aromatic carbocycles. The highest BCUT2D eigenvalue weighted by atomic mass is 16.4. The molecule has 0 heterocycles. The predicted octanol–water partition coefficient (Wildman–Crippen LogP) is 0.210. The number of rotatable bonds is 3. The van der Waals surface area contributed by atoms with E-state index in [4.69, 9.17) is 5.11 Å². The molecule has 0 amide bonds. The van der Waals surface area contributed by atoms with E-state index in [0.717, 1.165) is 25.7 Å². The van der Waals surface area contributed by atoms with E-state index in [1.165, 1.54) is 0 Å². The number of aliphatic hydroxyl groups is 1. The molecule has 0 radical (unpaired) electrons. The second-order valence-electron chi connectivity index (χ2n) is 3.67. The Morgan fingerprint density at radius 3 is 2.31 bits per heavy atom. The van der Waals surface area contributed by atoms with Crippen LogP contribution in [0.3, 0.4) is 0 Å². The maximum atomic E-state index is 10.8. The summed E-state index contributed by atoms with van der Waals surface area (Å²) >= 11 is 0. The van der Waals surface area contributed by atoms with E-state index in [1.807, 2.05) is 0 Å². The van der Waals surface area contributed by atoms with Crippen LogP contribution < -0.4 is 5.32 Å². The Balaban J connectivity index is 2.46. The van der Waals surface area contributed by atoms with Gasteiger partial charge in [0.05, 0.1) is 6.10 Å². The molecule has 1 rings (SSSR count). The molecule has 1 fully saturated rings. The van der Waals surface area contributed by atoms with Crippen LogP contribution in [0.4, 0.5) is 0 Å². The van der Waals surface area contributed by atoms with Crippen molar-refractivity contribution < 1.29 is 15.0 Å². The molecule has 1 atom stereocenters. The van der Waals surface area contributed by atoms with E-state index >= 15 is 0 Å². The summed E-state index contributed by atoms with van der Waals surface area (Å²) in [6, 6.07) is -0.451. The van der Waals surface area contributed by atoms with Crippen molar-refractivity contribution in [3.8, 4) is 0 Å². The fourth-order valence-corrected chi connectivity index (χ4v) is 2.00. The lowest BCUT2D eigenvalue weighted by molar-refractivity contribution is -0.141. The Morgan fingerprint density at radius 2 is 1.92 bits per heavy atom. The molecule has 4 heteroatoms. The molecule has 0 aromatic heterocycles. The average molecular weight is 187 g/mol. The van der Waals surface area contributed by atoms with E-state index < -0.39 is 12.0 Å². The van der Waals surface area contributed by atoms with E-state index in [9.17, 15) is 9.90 Å². The molecular formula is C9H17NO3. The van der Waals surface area contributed by atoms with Crippen LogP contribution in [-0.2, 0) is 4.79 Å². The van der Waals surface area contributed by atoms with E-state index in [0.29, 0.717) is 0 Å². The fraction of sp³-hybridized carbons (Fsp3) is 0.889. The van der Waals surface area contributed by atoms with Crippen molar-refractivity contribution >= 4 is 5.97 Å². The van der Waals surface area contributed by atoms with Crippen LogP contribution in [-0.4, -0.2) is 35.4 Å². The maximum Gasteiger partial charge on any atom is 0.320 e. The molecule has 3 N–H and O–H groups in total. The van der Waals surface area contributed by atoms with Crippen LogP contribution in [0.15, 0.2) is 0 Å². The minimum atomic E-state index is -0.788. The number of hydrogen-bond acceptors (Lipinski definition) is 3. The van der Waals surface area contributed by atoms with Crippen LogP contribution in [0.5, 0.6) is 0 Å². The van der Waals surface area contributed by atoms with Crippen LogP contribution >= 0.6 is 0 Å². The van der Waals surface area contributed by atoms with Gasteiger partial charge in [-0.1, -0.05) is 0 Å². The lowest BCUT2D eigenvalue weighted by atomic mass is 9.82. The molecule has 4 nitrogen and oxygen atoms in total. The van der Waals surface area contributed by atoms with Gasteiger partial charge in [0.2, 0.25) is 0 Å². The van der Waals surface area contributed by atoms with E-state index in [2.05, 4.69) is 5.32 Å². The van der Waals surface area contributed by atoms with Gasteiger partial charge in [0, 0.05) is 0 Å². The minimum absolute atomic E-state index is 0.172. The van der Waals surface area contributed by atoms with Crippen molar-refractivity contribution in [3.63, 3.8) is 0 Å². The lowest BCUT2D eigenvalue weighted by Gasteiger charge is -2.29. The fourth-order valence-electron chi connectivity index (χ4n) is 2.00. The Hall–Kier alpha value is -0.610. The smallest absolute Gasteiger partial charge is 0.320 e. The monoisotopic (exact) mass is 187 g/mol. The number of carboxylic acid groups (broad SMARTS) is 1. The summed E-state index contributed by atoms with van der Waals surface area (Å²) < 4.78 is 0. The third-order valence-electron chi connectivity index (χ3n) is 2.79. The highest BCUT2D eigenvalue weighted by Crippen LogP contribution is 2.26. The molecular weight excluding hydrogens is 170 g/mol. The van der Waals surface area contributed by atoms with Crippen LogP contribution in [0.1, 0.15) is 25.7 Å². The number of likely N-dealkylation sites (N-methyl/N-ethyl adjacent to an activating group) is 1. The quantitative estimate of drug-likeness (QED) is 0.590. The molecule has 1 aliphatic carbocycles. The van der Waals surface area contributed by atoms with Gasteiger partial charge in [-0.15, -0.1) is 0 Å². The first-order valence-corrected chi connectivity index (χ1v) is 4.73. The number of aliphatic carboxylic acids is 1. The Morgan fingerprint density at radius 1 is 1.38 bits per heavy atom. The van der Waals surface area contributed by atoms with Gasteiger partial charge in [0.1, 0.15) is 6.04 Å². The number of nitrogens with one attached hydrogen (secondary N) is 1. The molecule has 0 aliphatic heterocycles. The Bertz CT molecular complexity index is 176. The first kappa shape index (κ1) is 10.5. The number of carboxylic acids is 1. The van der Waals surface area contributed by atoms with Crippen LogP contribution in [0.25, 0.3) is 0 Å². The summed E-state index contributed by atoms with van der Waals surface area (Å²) in [6.07, 6.45) is 2.85. The van der Waals surface area contributed by atoms with Crippen LogP contribution in [0.2, 0.25) is 0 Å². The van der Waals surface area contributed by atoms with Gasteiger partial charge in [-0.25, -0.2) is 0 Å². The van der Waals surface area contributed by atoms with Gasteiger partial charge >= 0.3 is 5.97 Å². The zero-order valence-electron chi connectivity index (χ0n) is 7.86. The first-order chi connectivity index (χ1) is 6.15. The summed E-state index contributed by atoms with van der Waals surface area (Å²) in [6.45, 7) is 0. The first-order valence-electron chi connectivity index (χ1n) is 4.73. The molecule has 76 valence electrons. The molecule has 0 spiro atoms. The molecule has 1 saturated carbocycles. The van der Waals surface area contributed by atoms with Gasteiger partial charge in [0.15, 0.2) is 0 Å². The summed E-state index contributed by atoms with van der Waals surface area (Å²) in [5.41, 5.74) is 0.